The summed E-state index contributed by atoms with van der Waals surface area (Å²) in [7, 11) is -3.34. The van der Waals surface area contributed by atoms with Crippen molar-refractivity contribution in [3.05, 3.63) is 53.7 Å². The zero-order chi connectivity index (χ0) is 27.8. The van der Waals surface area contributed by atoms with Gasteiger partial charge < -0.3 is 23.8 Å². The highest BCUT2D eigenvalue weighted by Gasteiger charge is 2.30. The lowest BCUT2D eigenvalue weighted by Crippen LogP contribution is -2.43. The second-order valence-corrected chi connectivity index (χ2v) is 12.5. The summed E-state index contributed by atoms with van der Waals surface area (Å²) in [5, 5.41) is 0.0612. The number of rotatable bonds is 10. The van der Waals surface area contributed by atoms with Crippen LogP contribution < -0.4 is 4.74 Å². The van der Waals surface area contributed by atoms with E-state index < -0.39 is 9.84 Å². The number of benzene rings is 1. The van der Waals surface area contributed by atoms with Crippen molar-refractivity contribution in [1.29, 1.82) is 0 Å². The maximum absolute atomic E-state index is 12.6. The molecule has 0 radical (unpaired) electrons. The Kier molecular flexibility index (Phi) is 10.2. The van der Waals surface area contributed by atoms with E-state index in [1.807, 2.05) is 37.3 Å². The summed E-state index contributed by atoms with van der Waals surface area (Å²) in [5.74, 6) is 0.628. The Bertz CT molecular complexity index is 1180. The van der Waals surface area contributed by atoms with Gasteiger partial charge in [0, 0.05) is 19.3 Å². The molecule has 2 aromatic rings. The van der Waals surface area contributed by atoms with Gasteiger partial charge >= 0.3 is 6.09 Å². The third kappa shape index (κ3) is 8.91. The van der Waals surface area contributed by atoms with Gasteiger partial charge in [-0.2, -0.15) is 0 Å². The Labute approximate surface area is 231 Å². The van der Waals surface area contributed by atoms with E-state index in [2.05, 4.69) is 4.98 Å². The first-order valence-electron chi connectivity index (χ1n) is 13.7. The fraction of sp³-hybridized carbons (Fsp3) is 0.586. The van der Waals surface area contributed by atoms with Crippen molar-refractivity contribution in [2.45, 2.75) is 88.4 Å². The largest absolute Gasteiger partial charge is 0.489 e. The summed E-state index contributed by atoms with van der Waals surface area (Å²) in [5.41, 5.74) is 1.67. The summed E-state index contributed by atoms with van der Waals surface area (Å²) >= 11 is 0. The number of pyridine rings is 1. The van der Waals surface area contributed by atoms with Gasteiger partial charge in [0.2, 0.25) is 0 Å². The van der Waals surface area contributed by atoms with Crippen molar-refractivity contribution in [1.82, 2.24) is 9.88 Å². The van der Waals surface area contributed by atoms with E-state index in [0.717, 1.165) is 50.3 Å². The molecule has 9 nitrogen and oxygen atoms in total. The Hall–Kier alpha value is -2.69. The highest BCUT2D eigenvalue weighted by Crippen LogP contribution is 2.29. The molecule has 1 aliphatic carbocycles. The van der Waals surface area contributed by atoms with E-state index in [4.69, 9.17) is 18.9 Å². The normalized spacial score (nSPS) is 21.4. The number of piperidine rings is 1. The smallest absolute Gasteiger partial charge is 0.410 e. The summed E-state index contributed by atoms with van der Waals surface area (Å²) < 4.78 is 47.2. The van der Waals surface area contributed by atoms with E-state index in [1.165, 1.54) is 6.07 Å². The van der Waals surface area contributed by atoms with Crippen LogP contribution in [0.3, 0.4) is 0 Å². The van der Waals surface area contributed by atoms with E-state index in [-0.39, 0.29) is 35.5 Å². The lowest BCUT2D eigenvalue weighted by atomic mass is 9.94. The molecule has 2 heterocycles. The fourth-order valence-electron chi connectivity index (χ4n) is 4.97. The van der Waals surface area contributed by atoms with Crippen molar-refractivity contribution in [3.63, 3.8) is 0 Å². The van der Waals surface area contributed by atoms with Crippen LogP contribution in [0.25, 0.3) is 0 Å². The average Bonchev–Trinajstić information content (AvgIpc) is 2.91. The van der Waals surface area contributed by atoms with Crippen molar-refractivity contribution in [2.75, 3.05) is 26.0 Å². The van der Waals surface area contributed by atoms with Gasteiger partial charge in [-0.1, -0.05) is 30.3 Å². The highest BCUT2D eigenvalue weighted by molar-refractivity contribution is 7.90. The molecule has 0 bridgehead atoms. The summed E-state index contributed by atoms with van der Waals surface area (Å²) in [6.45, 7) is 5.71. The van der Waals surface area contributed by atoms with Crippen LogP contribution in [-0.4, -0.2) is 74.8 Å². The molecular formula is C29H40N2O7S. The van der Waals surface area contributed by atoms with E-state index in [0.29, 0.717) is 37.7 Å². The molecule has 0 spiro atoms. The van der Waals surface area contributed by atoms with Gasteiger partial charge in [-0.15, -0.1) is 0 Å². The molecule has 214 valence electrons. The van der Waals surface area contributed by atoms with Gasteiger partial charge in [0.1, 0.15) is 11.9 Å². The molecule has 1 atom stereocenters. The topological polar surface area (TPSA) is 104 Å². The first kappa shape index (κ1) is 29.3. The fourth-order valence-corrected chi connectivity index (χ4v) is 5.58. The standard InChI is InChI=1S/C29H40N2O7S/c1-21(19-35-20-23-7-5-4-6-8-23)36-29(32)31-17-15-26(16-18-31)37-24-9-11-25(12-10-24)38-27-13-14-28(30-22(27)2)39(3,33)34/h4-8,13-14,21,24-26H,9-12,15-20H2,1-3H3. The summed E-state index contributed by atoms with van der Waals surface area (Å²) in [6, 6.07) is 13.1. The number of hydrogen-bond donors (Lipinski definition) is 0. The van der Waals surface area contributed by atoms with Crippen LogP contribution in [0.5, 0.6) is 5.75 Å². The number of sulfone groups is 1. The van der Waals surface area contributed by atoms with Crippen LogP contribution in [0.1, 0.15) is 56.7 Å². The molecule has 0 N–H and O–H groups in total. The number of carbonyl (C=O) groups excluding carboxylic acids is 1. The Morgan fingerprint density at radius 1 is 0.974 bits per heavy atom. The maximum Gasteiger partial charge on any atom is 0.410 e. The summed E-state index contributed by atoms with van der Waals surface area (Å²) in [4.78, 5) is 18.5. The van der Waals surface area contributed by atoms with Crippen LogP contribution in [0.2, 0.25) is 0 Å². The van der Waals surface area contributed by atoms with Gasteiger partial charge in [-0.05, 0) is 70.1 Å². The number of ether oxygens (including phenoxy) is 4. The molecule has 1 aromatic carbocycles. The Morgan fingerprint density at radius 3 is 2.26 bits per heavy atom. The van der Waals surface area contributed by atoms with Crippen molar-refractivity contribution in [3.8, 4) is 5.75 Å². The zero-order valence-electron chi connectivity index (χ0n) is 23.1. The van der Waals surface area contributed by atoms with Crippen LogP contribution in [-0.2, 0) is 30.7 Å². The zero-order valence-corrected chi connectivity index (χ0v) is 23.9. The van der Waals surface area contributed by atoms with Crippen LogP contribution in [0.4, 0.5) is 4.79 Å². The van der Waals surface area contributed by atoms with Crippen molar-refractivity contribution < 1.29 is 32.2 Å². The number of aromatic nitrogens is 1. The quantitative estimate of drug-likeness (QED) is 0.412. The molecule has 39 heavy (non-hydrogen) atoms. The SMILES string of the molecule is Cc1nc(S(C)(=O)=O)ccc1OC1CCC(OC2CCN(C(=O)OC(C)COCc3ccccc3)CC2)CC1. The molecule has 1 aromatic heterocycles. The maximum atomic E-state index is 12.6. The second kappa shape index (κ2) is 13.6. The molecule has 1 saturated heterocycles. The minimum atomic E-state index is -3.34. The number of nitrogens with zero attached hydrogens (tertiary/aromatic N) is 2. The Balaban J connectivity index is 1.11. The molecule has 10 heteroatoms. The van der Waals surface area contributed by atoms with Crippen LogP contribution in [0.15, 0.2) is 47.5 Å². The van der Waals surface area contributed by atoms with E-state index in [1.54, 1.807) is 17.9 Å². The molecule has 1 aliphatic heterocycles. The van der Waals surface area contributed by atoms with Crippen molar-refractivity contribution in [2.24, 2.45) is 0 Å². The van der Waals surface area contributed by atoms with Gasteiger partial charge in [0.15, 0.2) is 14.9 Å². The van der Waals surface area contributed by atoms with Gasteiger partial charge in [-0.3, -0.25) is 0 Å². The number of amides is 1. The molecule has 1 unspecified atom stereocenters. The van der Waals surface area contributed by atoms with Crippen LogP contribution >= 0.6 is 0 Å². The summed E-state index contributed by atoms with van der Waals surface area (Å²) in [6.07, 6.45) is 6.05. The first-order chi connectivity index (χ1) is 18.7. The molecule has 1 saturated carbocycles. The average molecular weight is 561 g/mol. The molecular weight excluding hydrogens is 520 g/mol. The van der Waals surface area contributed by atoms with E-state index >= 15 is 0 Å². The number of aryl methyl sites for hydroxylation is 1. The van der Waals surface area contributed by atoms with Crippen LogP contribution in [0, 0.1) is 6.92 Å². The van der Waals surface area contributed by atoms with E-state index in [9.17, 15) is 13.2 Å². The molecule has 4 rings (SSSR count). The number of carbonyl (C=O) groups is 1. The molecule has 2 aliphatic rings. The minimum Gasteiger partial charge on any atom is -0.489 e. The first-order valence-corrected chi connectivity index (χ1v) is 15.6. The number of hydrogen-bond acceptors (Lipinski definition) is 8. The third-order valence-corrected chi connectivity index (χ3v) is 8.14. The van der Waals surface area contributed by atoms with Gasteiger partial charge in [0.05, 0.1) is 37.2 Å². The molecule has 1 amide bonds. The predicted octanol–water partition coefficient (Wildman–Crippen LogP) is 4.71. The Morgan fingerprint density at radius 2 is 1.62 bits per heavy atom. The number of likely N-dealkylation sites (tertiary alicyclic amines) is 1. The highest BCUT2D eigenvalue weighted by atomic mass is 32.2. The lowest BCUT2D eigenvalue weighted by Gasteiger charge is -2.36. The predicted molar refractivity (Wildman–Crippen MR) is 146 cm³/mol. The van der Waals surface area contributed by atoms with Gasteiger partial charge in [-0.25, -0.2) is 18.2 Å². The monoisotopic (exact) mass is 560 g/mol. The lowest BCUT2D eigenvalue weighted by molar-refractivity contribution is -0.0671. The molecule has 2 fully saturated rings. The minimum absolute atomic E-state index is 0.0599. The third-order valence-electron chi connectivity index (χ3n) is 7.16. The van der Waals surface area contributed by atoms with Gasteiger partial charge in [0.25, 0.3) is 0 Å². The second-order valence-electron chi connectivity index (χ2n) is 10.5. The van der Waals surface area contributed by atoms with Crippen molar-refractivity contribution >= 4 is 15.9 Å².